The fourth-order valence-corrected chi connectivity index (χ4v) is 2.14. The van der Waals surface area contributed by atoms with E-state index in [-0.39, 0.29) is 13.2 Å². The van der Waals surface area contributed by atoms with Crippen molar-refractivity contribution in [3.05, 3.63) is 12.4 Å². The molecule has 1 aliphatic heterocycles. The molecule has 0 unspecified atom stereocenters. The number of aromatic amines is 1. The highest BCUT2D eigenvalue weighted by Gasteiger charge is 2.38. The third kappa shape index (κ3) is 2.31. The highest BCUT2D eigenvalue weighted by atomic mass is 16.5. The first kappa shape index (κ1) is 13.2. The number of hydrogen-bond donors (Lipinski definition) is 5. The molecule has 0 radical (unpaired) electrons. The zero-order chi connectivity index (χ0) is 14.1. The van der Waals surface area contributed by atoms with Gasteiger partial charge in [0.05, 0.1) is 30.8 Å². The monoisotopic (exact) mass is 281 g/mol. The van der Waals surface area contributed by atoms with E-state index in [0.717, 1.165) is 5.39 Å². The Morgan fingerprint density at radius 3 is 3.00 bits per heavy atom. The number of aliphatic hydroxyl groups excluding tert-OH is 3. The van der Waals surface area contributed by atoms with Crippen LogP contribution in [0, 0.1) is 0 Å². The molecule has 2 aromatic rings. The van der Waals surface area contributed by atoms with Crippen LogP contribution in [0.5, 0.6) is 0 Å². The SMILES string of the molecule is OC[C@H]1OC[C@H](Nc2ncc3cn[nH]c3n2)[C@@H](O)[C@H]1O. The summed E-state index contributed by atoms with van der Waals surface area (Å²) in [6.07, 6.45) is 0.174. The van der Waals surface area contributed by atoms with Gasteiger partial charge in [0.15, 0.2) is 5.65 Å². The Morgan fingerprint density at radius 1 is 1.35 bits per heavy atom. The van der Waals surface area contributed by atoms with E-state index in [9.17, 15) is 10.2 Å². The minimum atomic E-state index is -1.16. The van der Waals surface area contributed by atoms with Gasteiger partial charge in [0.1, 0.15) is 18.3 Å². The lowest BCUT2D eigenvalue weighted by molar-refractivity contribution is -0.152. The molecule has 1 aliphatic rings. The van der Waals surface area contributed by atoms with E-state index in [0.29, 0.717) is 11.6 Å². The van der Waals surface area contributed by atoms with Crippen LogP contribution >= 0.6 is 0 Å². The number of ether oxygens (including phenoxy) is 1. The minimum Gasteiger partial charge on any atom is -0.394 e. The average Bonchev–Trinajstić information content (AvgIpc) is 2.92. The number of rotatable bonds is 3. The minimum absolute atomic E-state index is 0.133. The number of aromatic nitrogens is 4. The van der Waals surface area contributed by atoms with Gasteiger partial charge in [-0.1, -0.05) is 0 Å². The van der Waals surface area contributed by atoms with E-state index in [2.05, 4.69) is 25.5 Å². The van der Waals surface area contributed by atoms with Gasteiger partial charge in [-0.25, -0.2) is 4.98 Å². The summed E-state index contributed by atoms with van der Waals surface area (Å²) in [5.41, 5.74) is 0.572. The molecule has 0 saturated carbocycles. The Morgan fingerprint density at radius 2 is 2.20 bits per heavy atom. The molecule has 9 heteroatoms. The standard InChI is InChI=1S/C11H15N5O4/c17-3-7-9(19)8(18)6(4-20-7)14-11-12-1-5-2-13-16-10(5)15-11/h1-2,6-9,17-19H,3-4H2,(H2,12,13,14,15,16)/t6-,7+,8+,9-/m0/s1. The summed E-state index contributed by atoms with van der Waals surface area (Å²) in [6, 6.07) is -0.562. The largest absolute Gasteiger partial charge is 0.394 e. The molecule has 0 aliphatic carbocycles. The van der Waals surface area contributed by atoms with E-state index >= 15 is 0 Å². The molecular formula is C11H15N5O4. The number of nitrogens with one attached hydrogen (secondary N) is 2. The van der Waals surface area contributed by atoms with Gasteiger partial charge in [0, 0.05) is 6.20 Å². The number of nitrogens with zero attached hydrogens (tertiary/aromatic N) is 3. The van der Waals surface area contributed by atoms with Crippen LogP contribution in [0.1, 0.15) is 0 Å². The summed E-state index contributed by atoms with van der Waals surface area (Å²) >= 11 is 0. The normalized spacial score (nSPS) is 30.6. The molecule has 4 atom stereocenters. The number of hydrogen-bond acceptors (Lipinski definition) is 8. The predicted molar refractivity (Wildman–Crippen MR) is 67.9 cm³/mol. The Labute approximate surface area is 113 Å². The van der Waals surface area contributed by atoms with Crippen molar-refractivity contribution in [2.45, 2.75) is 24.4 Å². The Hall–Kier alpha value is -1.81. The topological polar surface area (TPSA) is 136 Å². The van der Waals surface area contributed by atoms with E-state index in [1.54, 1.807) is 12.4 Å². The van der Waals surface area contributed by atoms with Gasteiger partial charge in [-0.3, -0.25) is 5.10 Å². The second-order valence-corrected chi connectivity index (χ2v) is 4.65. The molecule has 1 fully saturated rings. The van der Waals surface area contributed by atoms with Gasteiger partial charge in [0.25, 0.3) is 0 Å². The zero-order valence-corrected chi connectivity index (χ0v) is 10.5. The molecule has 5 N–H and O–H groups in total. The van der Waals surface area contributed by atoms with Crippen molar-refractivity contribution in [3.63, 3.8) is 0 Å². The first-order valence-electron chi connectivity index (χ1n) is 6.20. The lowest BCUT2D eigenvalue weighted by Gasteiger charge is -2.37. The van der Waals surface area contributed by atoms with Crippen molar-refractivity contribution in [2.24, 2.45) is 0 Å². The molecule has 108 valence electrons. The lowest BCUT2D eigenvalue weighted by Crippen LogP contribution is -2.56. The van der Waals surface area contributed by atoms with Gasteiger partial charge in [-0.05, 0) is 0 Å². The highest BCUT2D eigenvalue weighted by molar-refractivity contribution is 5.73. The third-order valence-corrected chi connectivity index (χ3v) is 3.32. The van der Waals surface area contributed by atoms with Gasteiger partial charge in [-0.15, -0.1) is 0 Å². The zero-order valence-electron chi connectivity index (χ0n) is 10.5. The number of anilines is 1. The van der Waals surface area contributed by atoms with Crippen molar-refractivity contribution >= 4 is 17.0 Å². The summed E-state index contributed by atoms with van der Waals surface area (Å²) in [7, 11) is 0. The van der Waals surface area contributed by atoms with Crippen molar-refractivity contribution in [3.8, 4) is 0 Å². The van der Waals surface area contributed by atoms with Crippen LogP contribution in [0.4, 0.5) is 5.95 Å². The van der Waals surface area contributed by atoms with Crippen LogP contribution in [0.25, 0.3) is 11.0 Å². The molecular weight excluding hydrogens is 266 g/mol. The quantitative estimate of drug-likeness (QED) is 0.446. The maximum Gasteiger partial charge on any atom is 0.225 e. The van der Waals surface area contributed by atoms with Crippen LogP contribution in [0.2, 0.25) is 0 Å². The van der Waals surface area contributed by atoms with E-state index in [4.69, 9.17) is 9.84 Å². The molecule has 9 nitrogen and oxygen atoms in total. The van der Waals surface area contributed by atoms with Crippen LogP contribution in [-0.4, -0.2) is 73.1 Å². The van der Waals surface area contributed by atoms with Crippen LogP contribution < -0.4 is 5.32 Å². The first-order valence-corrected chi connectivity index (χ1v) is 6.20. The second kappa shape index (κ2) is 5.29. The number of H-pyrrole nitrogens is 1. The molecule has 0 aromatic carbocycles. The lowest BCUT2D eigenvalue weighted by atomic mass is 9.98. The molecule has 0 bridgehead atoms. The molecule has 0 amide bonds. The van der Waals surface area contributed by atoms with Gasteiger partial charge < -0.3 is 25.4 Å². The van der Waals surface area contributed by atoms with Crippen LogP contribution in [0.3, 0.4) is 0 Å². The molecule has 0 spiro atoms. The Bertz CT molecular complexity index is 591. The third-order valence-electron chi connectivity index (χ3n) is 3.32. The maximum absolute atomic E-state index is 9.99. The Balaban J connectivity index is 1.73. The second-order valence-electron chi connectivity index (χ2n) is 4.65. The maximum atomic E-state index is 9.99. The summed E-state index contributed by atoms with van der Waals surface area (Å²) < 4.78 is 5.27. The average molecular weight is 281 g/mol. The van der Waals surface area contributed by atoms with Gasteiger partial charge >= 0.3 is 0 Å². The van der Waals surface area contributed by atoms with E-state index < -0.39 is 24.4 Å². The van der Waals surface area contributed by atoms with Gasteiger partial charge in [0.2, 0.25) is 5.95 Å². The van der Waals surface area contributed by atoms with Crippen molar-refractivity contribution < 1.29 is 20.1 Å². The fraction of sp³-hybridized carbons (Fsp3) is 0.545. The van der Waals surface area contributed by atoms with E-state index in [1.807, 2.05) is 0 Å². The molecule has 20 heavy (non-hydrogen) atoms. The highest BCUT2D eigenvalue weighted by Crippen LogP contribution is 2.18. The van der Waals surface area contributed by atoms with Crippen molar-refractivity contribution in [1.29, 1.82) is 0 Å². The first-order chi connectivity index (χ1) is 9.69. The summed E-state index contributed by atoms with van der Waals surface area (Å²) in [4.78, 5) is 8.28. The summed E-state index contributed by atoms with van der Waals surface area (Å²) in [6.45, 7) is -0.213. The molecule has 3 heterocycles. The molecule has 1 saturated heterocycles. The number of aliphatic hydroxyl groups is 3. The van der Waals surface area contributed by atoms with Crippen molar-refractivity contribution in [1.82, 2.24) is 20.2 Å². The molecule has 2 aromatic heterocycles. The summed E-state index contributed by atoms with van der Waals surface area (Å²) in [5.74, 6) is 0.295. The fourth-order valence-electron chi connectivity index (χ4n) is 2.14. The van der Waals surface area contributed by atoms with Crippen molar-refractivity contribution in [2.75, 3.05) is 18.5 Å². The summed E-state index contributed by atoms with van der Waals surface area (Å²) in [5, 5.41) is 39.0. The molecule has 3 rings (SSSR count). The number of fused-ring (bicyclic) bond motifs is 1. The predicted octanol–water partition coefficient (Wildman–Crippen LogP) is -1.75. The van der Waals surface area contributed by atoms with E-state index in [1.165, 1.54) is 0 Å². The van der Waals surface area contributed by atoms with Crippen LogP contribution in [-0.2, 0) is 4.74 Å². The smallest absolute Gasteiger partial charge is 0.225 e. The Kier molecular flexibility index (Phi) is 3.49. The van der Waals surface area contributed by atoms with Gasteiger partial charge in [-0.2, -0.15) is 10.1 Å². The van der Waals surface area contributed by atoms with Crippen LogP contribution in [0.15, 0.2) is 12.4 Å².